The smallest absolute Gasteiger partial charge is 0.317 e. The molecule has 0 radical (unpaired) electrons. The highest BCUT2D eigenvalue weighted by molar-refractivity contribution is 9.10. The maximum absolute atomic E-state index is 11.4. The first-order chi connectivity index (χ1) is 9.08. The van der Waals surface area contributed by atoms with Gasteiger partial charge in [-0.3, -0.25) is 0 Å². The first-order valence-corrected chi connectivity index (χ1v) is 7.00. The minimum atomic E-state index is -0.585. The van der Waals surface area contributed by atoms with Crippen molar-refractivity contribution in [2.45, 2.75) is 13.0 Å². The second-order valence-electron chi connectivity index (χ2n) is 4.43. The summed E-state index contributed by atoms with van der Waals surface area (Å²) in [6, 6.07) is 5.47. The molecule has 0 spiro atoms. The second kappa shape index (κ2) is 6.25. The molecule has 104 valence electrons. The van der Waals surface area contributed by atoms with Gasteiger partial charge in [-0.25, -0.2) is 4.79 Å². The molecule has 1 aliphatic rings. The lowest BCUT2D eigenvalue weighted by atomic mass is 10.1. The Morgan fingerprint density at radius 2 is 2.37 bits per heavy atom. The van der Waals surface area contributed by atoms with Crippen molar-refractivity contribution in [1.29, 1.82) is 0 Å². The summed E-state index contributed by atoms with van der Waals surface area (Å²) in [6.07, 6.45) is -0.585. The van der Waals surface area contributed by atoms with Crippen molar-refractivity contribution in [2.75, 3.05) is 26.2 Å². The average Bonchev–Trinajstić information content (AvgIpc) is 2.75. The number of hydrogen-bond donors (Lipinski definition) is 2. The van der Waals surface area contributed by atoms with Crippen LogP contribution in [0.25, 0.3) is 0 Å². The number of urea groups is 1. The Kier molecular flexibility index (Phi) is 4.66. The van der Waals surface area contributed by atoms with Crippen molar-refractivity contribution < 1.29 is 14.6 Å². The first kappa shape index (κ1) is 14.1. The number of aliphatic hydroxyl groups is 1. The highest BCUT2D eigenvalue weighted by Gasteiger charge is 2.19. The van der Waals surface area contributed by atoms with Gasteiger partial charge in [-0.05, 0) is 19.1 Å². The third-order valence-corrected chi connectivity index (χ3v) is 3.48. The van der Waals surface area contributed by atoms with Gasteiger partial charge in [-0.1, -0.05) is 22.0 Å². The fraction of sp³-hybridized carbons (Fsp3) is 0.462. The number of halogens is 1. The molecule has 19 heavy (non-hydrogen) atoms. The molecule has 1 heterocycles. The highest BCUT2D eigenvalue weighted by Crippen LogP contribution is 2.28. The number of benzene rings is 1. The zero-order chi connectivity index (χ0) is 13.8. The number of aliphatic hydroxyl groups excluding tert-OH is 1. The van der Waals surface area contributed by atoms with Crippen molar-refractivity contribution in [3.05, 3.63) is 28.2 Å². The zero-order valence-corrected chi connectivity index (χ0v) is 12.3. The van der Waals surface area contributed by atoms with E-state index >= 15 is 0 Å². The Morgan fingerprint density at radius 3 is 3.00 bits per heavy atom. The lowest BCUT2D eigenvalue weighted by Crippen LogP contribution is -2.31. The fourth-order valence-electron chi connectivity index (χ4n) is 1.97. The van der Waals surface area contributed by atoms with Crippen molar-refractivity contribution in [3.63, 3.8) is 0 Å². The van der Waals surface area contributed by atoms with E-state index in [-0.39, 0.29) is 6.03 Å². The number of ether oxygens (including phenoxy) is 1. The van der Waals surface area contributed by atoms with Gasteiger partial charge in [-0.2, -0.15) is 0 Å². The van der Waals surface area contributed by atoms with Crippen LogP contribution in [0.5, 0.6) is 5.75 Å². The van der Waals surface area contributed by atoms with Crippen molar-refractivity contribution in [1.82, 2.24) is 10.2 Å². The number of carbonyl (C=O) groups is 1. The lowest BCUT2D eigenvalue weighted by Gasteiger charge is -2.17. The van der Waals surface area contributed by atoms with E-state index < -0.39 is 6.10 Å². The molecule has 0 aliphatic carbocycles. The Morgan fingerprint density at radius 1 is 1.58 bits per heavy atom. The second-order valence-corrected chi connectivity index (χ2v) is 5.34. The van der Waals surface area contributed by atoms with Gasteiger partial charge in [0, 0.05) is 23.1 Å². The summed E-state index contributed by atoms with van der Waals surface area (Å²) in [6.45, 7) is 4.05. The number of carbonyl (C=O) groups excluding carboxylic acids is 1. The number of amides is 2. The minimum Gasteiger partial charge on any atom is -0.491 e. The normalized spacial score (nSPS) is 16.4. The molecule has 2 amide bonds. The monoisotopic (exact) mass is 328 g/mol. The molecule has 0 saturated carbocycles. The van der Waals surface area contributed by atoms with Crippen LogP contribution in [0.4, 0.5) is 4.79 Å². The molecule has 0 unspecified atom stereocenters. The Labute approximate surface area is 120 Å². The maximum Gasteiger partial charge on any atom is 0.317 e. The van der Waals surface area contributed by atoms with Gasteiger partial charge in [0.2, 0.25) is 0 Å². The molecular formula is C13H17BrN2O3. The Hall–Kier alpha value is -1.27. The van der Waals surface area contributed by atoms with Crippen LogP contribution >= 0.6 is 15.9 Å². The fourth-order valence-corrected chi connectivity index (χ4v) is 2.31. The van der Waals surface area contributed by atoms with E-state index in [0.29, 0.717) is 32.0 Å². The van der Waals surface area contributed by atoms with Crippen LogP contribution in [0.1, 0.15) is 18.6 Å². The van der Waals surface area contributed by atoms with Crippen LogP contribution < -0.4 is 10.1 Å². The van der Waals surface area contributed by atoms with E-state index in [0.717, 1.165) is 10.0 Å². The van der Waals surface area contributed by atoms with Crippen molar-refractivity contribution in [2.24, 2.45) is 0 Å². The third kappa shape index (κ3) is 3.61. The van der Waals surface area contributed by atoms with Gasteiger partial charge in [-0.15, -0.1) is 0 Å². The maximum atomic E-state index is 11.4. The molecule has 2 rings (SSSR count). The summed E-state index contributed by atoms with van der Waals surface area (Å²) >= 11 is 3.38. The van der Waals surface area contributed by atoms with Crippen LogP contribution in [0.3, 0.4) is 0 Å². The van der Waals surface area contributed by atoms with Gasteiger partial charge >= 0.3 is 6.03 Å². The summed E-state index contributed by atoms with van der Waals surface area (Å²) in [7, 11) is 0. The topological polar surface area (TPSA) is 61.8 Å². The SMILES string of the molecule is C[C@@H](O)c1ccc(Br)cc1OCCN1CCNC1=O. The Balaban J connectivity index is 1.95. The number of rotatable bonds is 5. The van der Waals surface area contributed by atoms with Gasteiger partial charge in [0.05, 0.1) is 12.6 Å². The van der Waals surface area contributed by atoms with E-state index in [1.165, 1.54) is 0 Å². The lowest BCUT2D eigenvalue weighted by molar-refractivity contribution is 0.184. The summed E-state index contributed by atoms with van der Waals surface area (Å²) in [5.41, 5.74) is 0.745. The van der Waals surface area contributed by atoms with Crippen LogP contribution in [0.2, 0.25) is 0 Å². The third-order valence-electron chi connectivity index (χ3n) is 2.99. The molecule has 1 aliphatic heterocycles. The molecule has 0 bridgehead atoms. The molecule has 1 aromatic carbocycles. The van der Waals surface area contributed by atoms with Crippen LogP contribution in [0, 0.1) is 0 Å². The van der Waals surface area contributed by atoms with Crippen LogP contribution in [0.15, 0.2) is 22.7 Å². The van der Waals surface area contributed by atoms with Gasteiger partial charge < -0.3 is 20.1 Å². The molecule has 5 nitrogen and oxygen atoms in total. The molecule has 2 N–H and O–H groups in total. The summed E-state index contributed by atoms with van der Waals surface area (Å²) in [5, 5.41) is 12.4. The minimum absolute atomic E-state index is 0.0476. The molecule has 6 heteroatoms. The van der Waals surface area contributed by atoms with E-state index in [1.807, 2.05) is 18.2 Å². The van der Waals surface area contributed by atoms with E-state index in [4.69, 9.17) is 4.74 Å². The highest BCUT2D eigenvalue weighted by atomic mass is 79.9. The molecule has 1 atom stereocenters. The number of nitrogens with one attached hydrogen (secondary N) is 1. The predicted molar refractivity (Wildman–Crippen MR) is 75.2 cm³/mol. The van der Waals surface area contributed by atoms with Crippen molar-refractivity contribution >= 4 is 22.0 Å². The summed E-state index contributed by atoms with van der Waals surface area (Å²) in [4.78, 5) is 13.1. The van der Waals surface area contributed by atoms with Crippen LogP contribution in [-0.4, -0.2) is 42.3 Å². The summed E-state index contributed by atoms with van der Waals surface area (Å²) < 4.78 is 6.57. The first-order valence-electron chi connectivity index (χ1n) is 6.21. The van der Waals surface area contributed by atoms with Gasteiger partial charge in [0.25, 0.3) is 0 Å². The molecule has 1 aromatic rings. The van der Waals surface area contributed by atoms with E-state index in [2.05, 4.69) is 21.2 Å². The average molecular weight is 329 g/mol. The molecule has 1 saturated heterocycles. The van der Waals surface area contributed by atoms with Crippen molar-refractivity contribution in [3.8, 4) is 5.75 Å². The number of nitrogens with zero attached hydrogens (tertiary/aromatic N) is 1. The van der Waals surface area contributed by atoms with Gasteiger partial charge in [0.15, 0.2) is 0 Å². The Bertz CT molecular complexity index is 465. The number of hydrogen-bond acceptors (Lipinski definition) is 3. The van der Waals surface area contributed by atoms with Crippen LogP contribution in [-0.2, 0) is 0 Å². The zero-order valence-electron chi connectivity index (χ0n) is 10.7. The predicted octanol–water partition coefficient (Wildman–Crippen LogP) is 1.91. The molecular weight excluding hydrogens is 312 g/mol. The largest absolute Gasteiger partial charge is 0.491 e. The molecule has 0 aromatic heterocycles. The quantitative estimate of drug-likeness (QED) is 0.867. The van der Waals surface area contributed by atoms with E-state index in [9.17, 15) is 9.90 Å². The van der Waals surface area contributed by atoms with Gasteiger partial charge in [0.1, 0.15) is 12.4 Å². The summed E-state index contributed by atoms with van der Waals surface area (Å²) in [5.74, 6) is 0.643. The molecule has 1 fully saturated rings. The van der Waals surface area contributed by atoms with E-state index in [1.54, 1.807) is 11.8 Å². The standard InChI is InChI=1S/C13H17BrN2O3/c1-9(17)11-3-2-10(14)8-12(11)19-7-6-16-5-4-15-13(16)18/h2-3,8-9,17H,4-7H2,1H3,(H,15,18)/t9-/m1/s1.